The van der Waals surface area contributed by atoms with E-state index in [-0.39, 0.29) is 0 Å². The van der Waals surface area contributed by atoms with Gasteiger partial charge in [-0.3, -0.25) is 4.90 Å². The Morgan fingerprint density at radius 2 is 1.78 bits per heavy atom. The van der Waals surface area contributed by atoms with E-state index in [1.54, 1.807) is 0 Å². The molecule has 2 heterocycles. The molecule has 0 bridgehead atoms. The maximum atomic E-state index is 8.87. The van der Waals surface area contributed by atoms with Crippen LogP contribution < -0.4 is 4.90 Å². The average Bonchev–Trinajstić information content (AvgIpc) is 3.05. The van der Waals surface area contributed by atoms with Crippen molar-refractivity contribution < 1.29 is 1.37 Å². The average molecular weight is 311 g/mol. The lowest BCUT2D eigenvalue weighted by Crippen LogP contribution is -2.48. The number of anilines is 1. The van der Waals surface area contributed by atoms with Gasteiger partial charge in [0.1, 0.15) is 0 Å². The lowest BCUT2D eigenvalue weighted by atomic mass is 9.85. The van der Waals surface area contributed by atoms with Gasteiger partial charge in [0.05, 0.1) is 13.6 Å². The van der Waals surface area contributed by atoms with Gasteiger partial charge in [0.2, 0.25) is 0 Å². The first-order valence-electron chi connectivity index (χ1n) is 9.82. The minimum absolute atomic E-state index is 0.351. The fourth-order valence-corrected chi connectivity index (χ4v) is 5.07. The molecule has 2 aliphatic heterocycles. The topological polar surface area (TPSA) is 6.48 Å². The van der Waals surface area contributed by atoms with Crippen molar-refractivity contribution in [1.29, 1.82) is 0 Å². The van der Waals surface area contributed by atoms with E-state index in [4.69, 9.17) is 1.37 Å². The van der Waals surface area contributed by atoms with Crippen LogP contribution in [0.15, 0.2) is 36.4 Å². The van der Waals surface area contributed by atoms with Crippen LogP contribution in [0, 0.1) is 12.8 Å². The molecule has 124 valence electrons. The maximum Gasteiger partial charge on any atom is 0.0863 e. The van der Waals surface area contributed by atoms with Crippen molar-refractivity contribution in [2.24, 2.45) is 5.92 Å². The van der Waals surface area contributed by atoms with Crippen LogP contribution in [0.5, 0.6) is 0 Å². The highest BCUT2D eigenvalue weighted by molar-refractivity contribution is 5.57. The van der Waals surface area contributed by atoms with E-state index in [1.165, 1.54) is 43.4 Å². The normalized spacial score (nSPS) is 38.8. The second-order valence-corrected chi connectivity index (χ2v) is 7.64. The third-order valence-corrected chi connectivity index (χ3v) is 6.23. The van der Waals surface area contributed by atoms with E-state index >= 15 is 0 Å². The first-order valence-corrected chi connectivity index (χ1v) is 9.32. The van der Waals surface area contributed by atoms with Crippen LogP contribution in [-0.2, 0) is 0 Å². The predicted octanol–water partition coefficient (Wildman–Crippen LogP) is 4.74. The van der Waals surface area contributed by atoms with E-state index in [9.17, 15) is 0 Å². The summed E-state index contributed by atoms with van der Waals surface area (Å²) in [6.07, 6.45) is 11.4. The Bertz CT molecular complexity index is 632. The van der Waals surface area contributed by atoms with Crippen molar-refractivity contribution in [3.05, 3.63) is 42.0 Å². The van der Waals surface area contributed by atoms with Gasteiger partial charge in [0, 0.05) is 17.7 Å². The van der Waals surface area contributed by atoms with Gasteiger partial charge in [-0.25, -0.2) is 0 Å². The van der Waals surface area contributed by atoms with Crippen LogP contribution in [0.4, 0.5) is 5.69 Å². The predicted molar refractivity (Wildman–Crippen MR) is 97.7 cm³/mol. The molecule has 1 saturated carbocycles. The number of hydrogen-bond acceptors (Lipinski definition) is 2. The number of hydrogen-bond donors (Lipinski definition) is 0. The summed E-state index contributed by atoms with van der Waals surface area (Å²) in [5, 5.41) is 0. The summed E-state index contributed by atoms with van der Waals surface area (Å²) >= 11 is 0. The molecule has 4 rings (SSSR count). The number of benzene rings is 1. The largest absolute Gasteiger partial charge is 0.351 e. The molecule has 0 aromatic heterocycles. The van der Waals surface area contributed by atoms with E-state index in [2.05, 4.69) is 67.0 Å². The molecule has 1 aromatic rings. The van der Waals surface area contributed by atoms with Gasteiger partial charge in [0.25, 0.3) is 0 Å². The molecule has 1 aromatic carbocycles. The fourth-order valence-electron chi connectivity index (χ4n) is 5.07. The summed E-state index contributed by atoms with van der Waals surface area (Å²) < 4.78 is 8.87. The van der Waals surface area contributed by atoms with Crippen molar-refractivity contribution in [2.45, 2.75) is 77.1 Å². The third-order valence-electron chi connectivity index (χ3n) is 6.23. The molecule has 1 saturated heterocycles. The minimum Gasteiger partial charge on any atom is -0.351 e. The van der Waals surface area contributed by atoms with Gasteiger partial charge in [-0.2, -0.15) is 0 Å². The SMILES string of the molecule is [2H]C1(C)C=CC2[C@H](C)N(c3ccccc3C)C(C3CCCCC3)N21. The number of fused-ring (bicyclic) bond motifs is 1. The highest BCUT2D eigenvalue weighted by Crippen LogP contribution is 2.44. The zero-order chi connectivity index (χ0) is 16.9. The van der Waals surface area contributed by atoms with E-state index in [0.29, 0.717) is 24.2 Å². The third kappa shape index (κ3) is 2.42. The van der Waals surface area contributed by atoms with Gasteiger partial charge < -0.3 is 4.90 Å². The molecule has 23 heavy (non-hydrogen) atoms. The zero-order valence-electron chi connectivity index (χ0n) is 15.7. The van der Waals surface area contributed by atoms with E-state index < -0.39 is 6.02 Å². The molecular formula is C21H30N2. The summed E-state index contributed by atoms with van der Waals surface area (Å²) in [7, 11) is 0. The molecule has 4 atom stereocenters. The molecule has 2 fully saturated rings. The lowest BCUT2D eigenvalue weighted by Gasteiger charge is -2.41. The Morgan fingerprint density at radius 1 is 1.04 bits per heavy atom. The molecule has 3 unspecified atom stereocenters. The highest BCUT2D eigenvalue weighted by Gasteiger charge is 2.50. The zero-order valence-corrected chi connectivity index (χ0v) is 14.7. The van der Waals surface area contributed by atoms with Crippen LogP contribution in [0.25, 0.3) is 0 Å². The first kappa shape index (κ1) is 14.1. The Labute approximate surface area is 142 Å². The Hall–Kier alpha value is -1.28. The number of rotatable bonds is 2. The summed E-state index contributed by atoms with van der Waals surface area (Å²) in [5.74, 6) is 0.676. The molecule has 0 radical (unpaired) electrons. The first-order chi connectivity index (χ1) is 11.5. The minimum atomic E-state index is -0.585. The van der Waals surface area contributed by atoms with E-state index in [1.807, 2.05) is 0 Å². The van der Waals surface area contributed by atoms with Crippen molar-refractivity contribution in [3.8, 4) is 0 Å². The summed E-state index contributed by atoms with van der Waals surface area (Å²) in [6, 6.07) is 8.98. The van der Waals surface area contributed by atoms with Crippen molar-refractivity contribution in [2.75, 3.05) is 4.90 Å². The second-order valence-electron chi connectivity index (χ2n) is 7.64. The quantitative estimate of drug-likeness (QED) is 0.728. The van der Waals surface area contributed by atoms with Gasteiger partial charge in [-0.05, 0) is 51.2 Å². The smallest absolute Gasteiger partial charge is 0.0863 e. The number of aryl methyl sites for hydroxylation is 1. The molecular weight excluding hydrogens is 280 g/mol. The van der Waals surface area contributed by atoms with Crippen LogP contribution in [0.2, 0.25) is 0 Å². The van der Waals surface area contributed by atoms with E-state index in [0.717, 1.165) is 0 Å². The van der Waals surface area contributed by atoms with Gasteiger partial charge in [-0.15, -0.1) is 0 Å². The van der Waals surface area contributed by atoms with Crippen molar-refractivity contribution in [1.82, 2.24) is 4.90 Å². The summed E-state index contributed by atoms with van der Waals surface area (Å²) in [5.41, 5.74) is 2.71. The van der Waals surface area contributed by atoms with Gasteiger partial charge in [0.15, 0.2) is 0 Å². The fraction of sp³-hybridized carbons (Fsp3) is 0.619. The standard InChI is InChI=1S/C21H30N2/c1-15-9-7-8-12-19(15)23-17(3)20-14-13-16(2)22(20)21(23)18-10-5-4-6-11-18/h7-9,12-14,16-18,20-21H,4-6,10-11H2,1-3H3/t16?,17-,20?,21?/m0/s1/i16D. The number of nitrogens with zero attached hydrogens (tertiary/aromatic N) is 2. The molecule has 3 aliphatic rings. The van der Waals surface area contributed by atoms with Gasteiger partial charge >= 0.3 is 0 Å². The Kier molecular flexibility index (Phi) is 3.66. The Morgan fingerprint density at radius 3 is 2.52 bits per heavy atom. The maximum absolute atomic E-state index is 8.87. The molecule has 1 aliphatic carbocycles. The molecule has 0 amide bonds. The van der Waals surface area contributed by atoms with Crippen LogP contribution in [0.1, 0.15) is 52.9 Å². The molecule has 0 N–H and O–H groups in total. The molecule has 2 heteroatoms. The van der Waals surface area contributed by atoms with Crippen LogP contribution >= 0.6 is 0 Å². The Balaban J connectivity index is 1.78. The summed E-state index contributed by atoms with van der Waals surface area (Å²) in [6.45, 7) is 6.63. The number of para-hydroxylation sites is 1. The van der Waals surface area contributed by atoms with Gasteiger partial charge in [-0.1, -0.05) is 49.6 Å². The monoisotopic (exact) mass is 311 g/mol. The summed E-state index contributed by atoms with van der Waals surface area (Å²) in [4.78, 5) is 5.13. The molecule has 2 nitrogen and oxygen atoms in total. The highest BCUT2D eigenvalue weighted by atomic mass is 15.5. The second kappa shape index (κ2) is 5.98. The molecule has 0 spiro atoms. The van der Waals surface area contributed by atoms with Crippen LogP contribution in [-0.4, -0.2) is 29.2 Å². The lowest BCUT2D eigenvalue weighted by molar-refractivity contribution is 0.129. The van der Waals surface area contributed by atoms with Crippen molar-refractivity contribution in [3.63, 3.8) is 0 Å². The van der Waals surface area contributed by atoms with Crippen molar-refractivity contribution >= 4 is 5.69 Å². The van der Waals surface area contributed by atoms with Crippen LogP contribution in [0.3, 0.4) is 0 Å².